The van der Waals surface area contributed by atoms with Crippen LogP contribution in [0.5, 0.6) is 0 Å². The molecular formula is C13H20N4O. The van der Waals surface area contributed by atoms with E-state index in [0.29, 0.717) is 17.8 Å². The zero-order chi connectivity index (χ0) is 12.4. The van der Waals surface area contributed by atoms with Crippen molar-refractivity contribution in [1.82, 2.24) is 20.1 Å². The fourth-order valence-electron chi connectivity index (χ4n) is 2.88. The average molecular weight is 248 g/mol. The van der Waals surface area contributed by atoms with Crippen molar-refractivity contribution in [3.63, 3.8) is 0 Å². The molecular weight excluding hydrogens is 228 g/mol. The normalized spacial score (nSPS) is 20.9. The number of nitrogens with one attached hydrogen (secondary N) is 1. The number of hydrogen-bond donors (Lipinski definition) is 1. The largest absolute Gasteiger partial charge is 0.333 e. The Balaban J connectivity index is 1.66. The van der Waals surface area contributed by atoms with Crippen LogP contribution in [-0.4, -0.2) is 38.6 Å². The molecule has 18 heavy (non-hydrogen) atoms. The number of carbonyl (C=O) groups is 1. The van der Waals surface area contributed by atoms with Crippen molar-refractivity contribution in [2.45, 2.75) is 51.0 Å². The Labute approximate surface area is 107 Å². The van der Waals surface area contributed by atoms with E-state index in [4.69, 9.17) is 0 Å². The van der Waals surface area contributed by atoms with Crippen LogP contribution in [0, 0.1) is 5.92 Å². The molecule has 1 aromatic rings. The van der Waals surface area contributed by atoms with Gasteiger partial charge in [0.2, 0.25) is 5.82 Å². The molecule has 1 N–H and O–H groups in total. The maximum absolute atomic E-state index is 12.4. The third kappa shape index (κ3) is 2.54. The lowest BCUT2D eigenvalue weighted by Gasteiger charge is -2.29. The Kier molecular flexibility index (Phi) is 3.30. The second-order valence-electron chi connectivity index (χ2n) is 5.53. The van der Waals surface area contributed by atoms with Crippen molar-refractivity contribution >= 4 is 5.91 Å². The summed E-state index contributed by atoms with van der Waals surface area (Å²) >= 11 is 0. The van der Waals surface area contributed by atoms with E-state index in [1.54, 1.807) is 0 Å². The van der Waals surface area contributed by atoms with E-state index in [-0.39, 0.29) is 5.91 Å². The predicted molar refractivity (Wildman–Crippen MR) is 67.0 cm³/mol. The number of amides is 1. The first-order valence-corrected chi connectivity index (χ1v) is 7.01. The lowest BCUT2D eigenvalue weighted by atomic mass is 9.89. The number of aromatic amines is 1. The quantitative estimate of drug-likeness (QED) is 0.886. The molecule has 2 aliphatic carbocycles. The maximum atomic E-state index is 12.4. The average Bonchev–Trinajstić information content (AvgIpc) is 3.10. The lowest BCUT2D eigenvalue weighted by Crippen LogP contribution is -2.38. The van der Waals surface area contributed by atoms with Crippen LogP contribution in [0.1, 0.15) is 55.6 Å². The minimum atomic E-state index is 0.0283. The Morgan fingerprint density at radius 1 is 1.28 bits per heavy atom. The van der Waals surface area contributed by atoms with Gasteiger partial charge in [0.15, 0.2) is 0 Å². The summed E-state index contributed by atoms with van der Waals surface area (Å²) in [6.45, 7) is 0.907. The van der Waals surface area contributed by atoms with Crippen LogP contribution in [0.4, 0.5) is 0 Å². The van der Waals surface area contributed by atoms with Crippen molar-refractivity contribution in [3.8, 4) is 0 Å². The number of H-pyrrole nitrogens is 1. The highest BCUT2D eigenvalue weighted by atomic mass is 16.2. The van der Waals surface area contributed by atoms with E-state index in [1.165, 1.54) is 38.4 Å². The van der Waals surface area contributed by atoms with Gasteiger partial charge in [-0.25, -0.2) is 4.98 Å². The molecule has 98 valence electrons. The smallest absolute Gasteiger partial charge is 0.291 e. The van der Waals surface area contributed by atoms with Gasteiger partial charge in [0.1, 0.15) is 6.33 Å². The number of carbonyl (C=O) groups excluding carboxylic acids is 1. The third-order valence-electron chi connectivity index (χ3n) is 4.05. The number of nitrogens with zero attached hydrogens (tertiary/aromatic N) is 3. The topological polar surface area (TPSA) is 61.9 Å². The molecule has 0 atom stereocenters. The van der Waals surface area contributed by atoms with Gasteiger partial charge in [-0.2, -0.15) is 5.10 Å². The van der Waals surface area contributed by atoms with E-state index >= 15 is 0 Å². The Morgan fingerprint density at radius 2 is 2.06 bits per heavy atom. The number of rotatable bonds is 4. The molecule has 1 aromatic heterocycles. The van der Waals surface area contributed by atoms with Crippen molar-refractivity contribution in [2.24, 2.45) is 5.92 Å². The van der Waals surface area contributed by atoms with Crippen molar-refractivity contribution < 1.29 is 4.79 Å². The molecule has 0 unspecified atom stereocenters. The minimum Gasteiger partial charge on any atom is -0.333 e. The molecule has 0 bridgehead atoms. The molecule has 1 amide bonds. The molecule has 0 aromatic carbocycles. The van der Waals surface area contributed by atoms with Crippen LogP contribution in [0.25, 0.3) is 0 Å². The molecule has 5 nitrogen and oxygen atoms in total. The van der Waals surface area contributed by atoms with E-state index in [1.807, 2.05) is 4.90 Å². The van der Waals surface area contributed by atoms with Gasteiger partial charge in [0.25, 0.3) is 5.91 Å². The third-order valence-corrected chi connectivity index (χ3v) is 4.05. The second kappa shape index (κ2) is 5.08. The molecule has 2 saturated carbocycles. The zero-order valence-electron chi connectivity index (χ0n) is 10.6. The van der Waals surface area contributed by atoms with Gasteiger partial charge in [0, 0.05) is 12.6 Å². The summed E-state index contributed by atoms with van der Waals surface area (Å²) in [5.41, 5.74) is 0. The molecule has 0 aliphatic heterocycles. The molecule has 2 fully saturated rings. The number of hydrogen-bond acceptors (Lipinski definition) is 3. The van der Waals surface area contributed by atoms with Crippen LogP contribution < -0.4 is 0 Å². The zero-order valence-corrected chi connectivity index (χ0v) is 10.6. The fourth-order valence-corrected chi connectivity index (χ4v) is 2.88. The summed E-state index contributed by atoms with van der Waals surface area (Å²) in [7, 11) is 0. The summed E-state index contributed by atoms with van der Waals surface area (Å²) in [6, 6.07) is 0.449. The first-order chi connectivity index (χ1) is 8.84. The molecule has 0 saturated heterocycles. The Hall–Kier alpha value is -1.39. The van der Waals surface area contributed by atoms with Crippen LogP contribution in [-0.2, 0) is 0 Å². The first kappa shape index (κ1) is 11.7. The van der Waals surface area contributed by atoms with Crippen LogP contribution in [0.15, 0.2) is 6.33 Å². The van der Waals surface area contributed by atoms with Gasteiger partial charge >= 0.3 is 0 Å². The van der Waals surface area contributed by atoms with E-state index in [9.17, 15) is 4.79 Å². The molecule has 0 spiro atoms. The van der Waals surface area contributed by atoms with Gasteiger partial charge in [0.05, 0.1) is 0 Å². The summed E-state index contributed by atoms with van der Waals surface area (Å²) in [4.78, 5) is 18.4. The summed E-state index contributed by atoms with van der Waals surface area (Å²) in [5, 5.41) is 6.45. The molecule has 0 radical (unpaired) electrons. The van der Waals surface area contributed by atoms with E-state index < -0.39 is 0 Å². The lowest BCUT2D eigenvalue weighted by molar-refractivity contribution is 0.0687. The highest BCUT2D eigenvalue weighted by Crippen LogP contribution is 2.31. The van der Waals surface area contributed by atoms with E-state index in [2.05, 4.69) is 15.2 Å². The van der Waals surface area contributed by atoms with Crippen LogP contribution in [0.3, 0.4) is 0 Å². The minimum absolute atomic E-state index is 0.0283. The predicted octanol–water partition coefficient (Wildman–Crippen LogP) is 1.99. The van der Waals surface area contributed by atoms with Crippen LogP contribution >= 0.6 is 0 Å². The van der Waals surface area contributed by atoms with Crippen LogP contribution in [0.2, 0.25) is 0 Å². The molecule has 5 heteroatoms. The van der Waals surface area contributed by atoms with Crippen molar-refractivity contribution in [3.05, 3.63) is 12.2 Å². The van der Waals surface area contributed by atoms with Gasteiger partial charge < -0.3 is 4.90 Å². The Morgan fingerprint density at radius 3 is 2.67 bits per heavy atom. The van der Waals surface area contributed by atoms with Gasteiger partial charge in [-0.1, -0.05) is 19.3 Å². The monoisotopic (exact) mass is 248 g/mol. The SMILES string of the molecule is O=C(c1ncn[nH]1)N(CC1CCCCC1)C1CC1. The summed E-state index contributed by atoms with van der Waals surface area (Å²) < 4.78 is 0. The first-order valence-electron chi connectivity index (χ1n) is 7.01. The highest BCUT2D eigenvalue weighted by Gasteiger charge is 2.35. The van der Waals surface area contributed by atoms with Crippen molar-refractivity contribution in [1.29, 1.82) is 0 Å². The fraction of sp³-hybridized carbons (Fsp3) is 0.769. The van der Waals surface area contributed by atoms with Gasteiger partial charge in [-0.15, -0.1) is 0 Å². The maximum Gasteiger partial charge on any atom is 0.291 e. The molecule has 3 rings (SSSR count). The Bertz CT molecular complexity index is 393. The number of aromatic nitrogens is 3. The summed E-state index contributed by atoms with van der Waals surface area (Å²) in [5.74, 6) is 1.10. The van der Waals surface area contributed by atoms with Crippen molar-refractivity contribution in [2.75, 3.05) is 6.54 Å². The van der Waals surface area contributed by atoms with Gasteiger partial charge in [-0.05, 0) is 31.6 Å². The van der Waals surface area contributed by atoms with Gasteiger partial charge in [-0.3, -0.25) is 9.89 Å². The standard InChI is InChI=1S/C13H20N4O/c18-13(12-14-9-15-16-12)17(11-6-7-11)8-10-4-2-1-3-5-10/h9-11H,1-8H2,(H,14,15,16). The molecule has 2 aliphatic rings. The van der Waals surface area contributed by atoms with E-state index in [0.717, 1.165) is 19.4 Å². The second-order valence-corrected chi connectivity index (χ2v) is 5.53. The highest BCUT2D eigenvalue weighted by molar-refractivity contribution is 5.90. The molecule has 1 heterocycles. The summed E-state index contributed by atoms with van der Waals surface area (Å²) in [6.07, 6.45) is 10.2.